The zero-order valence-electron chi connectivity index (χ0n) is 16.6. The third kappa shape index (κ3) is 5.12. The second kappa shape index (κ2) is 8.91. The molecule has 33 heavy (non-hydrogen) atoms. The number of hydrogen-bond acceptors (Lipinski definition) is 5. The second-order valence-corrected chi connectivity index (χ2v) is 7.35. The number of anilines is 1. The van der Waals surface area contributed by atoms with E-state index in [9.17, 15) is 22.8 Å². The van der Waals surface area contributed by atoms with Crippen molar-refractivity contribution >= 4 is 23.2 Å². The Kier molecular flexibility index (Phi) is 6.01. The van der Waals surface area contributed by atoms with E-state index in [2.05, 4.69) is 15.5 Å². The zero-order chi connectivity index (χ0) is 23.6. The summed E-state index contributed by atoms with van der Waals surface area (Å²) < 4.78 is 44.9. The molecule has 168 valence electrons. The minimum atomic E-state index is -4.54. The number of alkyl halides is 3. The van der Waals surface area contributed by atoms with Crippen molar-refractivity contribution in [2.24, 2.45) is 0 Å². The minimum absolute atomic E-state index is 0.0384. The third-order valence-electron chi connectivity index (χ3n) is 4.57. The van der Waals surface area contributed by atoms with Gasteiger partial charge in [0.15, 0.2) is 0 Å². The Morgan fingerprint density at radius 3 is 2.58 bits per heavy atom. The molecule has 0 aliphatic rings. The number of pyridine rings is 1. The zero-order valence-corrected chi connectivity index (χ0v) is 17.4. The van der Waals surface area contributed by atoms with E-state index in [1.807, 2.05) is 0 Å². The molecule has 11 heteroatoms. The van der Waals surface area contributed by atoms with E-state index in [4.69, 9.17) is 16.1 Å². The Bertz CT molecular complexity index is 1360. The molecule has 1 amide bonds. The molecule has 0 aliphatic heterocycles. The predicted molar refractivity (Wildman–Crippen MR) is 115 cm³/mol. The molecule has 4 aromatic rings. The molecule has 0 radical (unpaired) electrons. The van der Waals surface area contributed by atoms with Crippen molar-refractivity contribution in [3.05, 3.63) is 87.8 Å². The summed E-state index contributed by atoms with van der Waals surface area (Å²) in [7, 11) is 0. The third-order valence-corrected chi connectivity index (χ3v) is 4.82. The fourth-order valence-corrected chi connectivity index (χ4v) is 3.13. The van der Waals surface area contributed by atoms with Crippen LogP contribution in [0.5, 0.6) is 0 Å². The molecule has 2 aromatic heterocycles. The van der Waals surface area contributed by atoms with Crippen LogP contribution in [0.1, 0.15) is 5.56 Å². The van der Waals surface area contributed by atoms with E-state index in [-0.39, 0.29) is 23.0 Å². The standard InChI is InChI=1S/C22H14ClF3N4O3/c23-15-8-6-13(7-9-15)19-28-20(33-29-19)17-5-2-10-30(21(17)32)12-18(31)27-16-4-1-3-14(11-16)22(24,25)26/h1-11H,12H2,(H,27,31). The highest BCUT2D eigenvalue weighted by atomic mass is 35.5. The fourth-order valence-electron chi connectivity index (χ4n) is 3.00. The molecule has 1 N–H and O–H groups in total. The van der Waals surface area contributed by atoms with Crippen molar-refractivity contribution in [2.45, 2.75) is 12.7 Å². The van der Waals surface area contributed by atoms with Crippen LogP contribution in [0.15, 0.2) is 76.2 Å². The topological polar surface area (TPSA) is 90.0 Å². The summed E-state index contributed by atoms with van der Waals surface area (Å²) in [4.78, 5) is 29.4. The Morgan fingerprint density at radius 1 is 1.09 bits per heavy atom. The molecule has 2 heterocycles. The first-order valence-corrected chi connectivity index (χ1v) is 9.85. The molecule has 0 saturated carbocycles. The first-order valence-electron chi connectivity index (χ1n) is 9.47. The molecular weight excluding hydrogens is 461 g/mol. The van der Waals surface area contributed by atoms with Crippen LogP contribution in [0.2, 0.25) is 5.02 Å². The Balaban J connectivity index is 1.53. The lowest BCUT2D eigenvalue weighted by molar-refractivity contribution is -0.137. The lowest BCUT2D eigenvalue weighted by atomic mass is 10.2. The van der Waals surface area contributed by atoms with Gasteiger partial charge in [0.05, 0.1) is 5.56 Å². The van der Waals surface area contributed by atoms with Gasteiger partial charge >= 0.3 is 6.18 Å². The highest BCUT2D eigenvalue weighted by Gasteiger charge is 2.30. The van der Waals surface area contributed by atoms with Crippen molar-refractivity contribution in [3.8, 4) is 22.8 Å². The number of hydrogen-bond donors (Lipinski definition) is 1. The van der Waals surface area contributed by atoms with Gasteiger partial charge < -0.3 is 14.4 Å². The second-order valence-electron chi connectivity index (χ2n) is 6.91. The van der Waals surface area contributed by atoms with Gasteiger partial charge in [-0.15, -0.1) is 0 Å². The number of amides is 1. The van der Waals surface area contributed by atoms with Crippen LogP contribution >= 0.6 is 11.6 Å². The van der Waals surface area contributed by atoms with E-state index >= 15 is 0 Å². The summed E-state index contributed by atoms with van der Waals surface area (Å²) in [5.41, 5.74) is -0.818. The molecule has 2 aromatic carbocycles. The van der Waals surface area contributed by atoms with Gasteiger partial charge in [-0.2, -0.15) is 18.2 Å². The van der Waals surface area contributed by atoms with Gasteiger partial charge in [0.1, 0.15) is 12.1 Å². The minimum Gasteiger partial charge on any atom is -0.333 e. The number of rotatable bonds is 5. The molecule has 0 aliphatic carbocycles. The van der Waals surface area contributed by atoms with Crippen LogP contribution in [-0.2, 0) is 17.5 Å². The molecule has 7 nitrogen and oxygen atoms in total. The van der Waals surface area contributed by atoms with Gasteiger partial charge in [-0.1, -0.05) is 22.8 Å². The quantitative estimate of drug-likeness (QED) is 0.445. The van der Waals surface area contributed by atoms with Crippen LogP contribution in [-0.4, -0.2) is 20.6 Å². The summed E-state index contributed by atoms with van der Waals surface area (Å²) in [5, 5.41) is 6.76. The normalized spacial score (nSPS) is 11.4. The highest BCUT2D eigenvalue weighted by molar-refractivity contribution is 6.30. The van der Waals surface area contributed by atoms with E-state index in [0.717, 1.165) is 16.7 Å². The summed E-state index contributed by atoms with van der Waals surface area (Å²) in [6.07, 6.45) is -3.17. The molecule has 0 bridgehead atoms. The molecule has 4 rings (SSSR count). The van der Waals surface area contributed by atoms with Crippen molar-refractivity contribution < 1.29 is 22.5 Å². The lowest BCUT2D eigenvalue weighted by Gasteiger charge is -2.11. The van der Waals surface area contributed by atoms with Crippen LogP contribution < -0.4 is 10.9 Å². The van der Waals surface area contributed by atoms with E-state index < -0.39 is 29.8 Å². The van der Waals surface area contributed by atoms with Crippen LogP contribution in [0.3, 0.4) is 0 Å². The van der Waals surface area contributed by atoms with Gasteiger partial charge in [-0.25, -0.2) is 0 Å². The number of nitrogens with one attached hydrogen (secondary N) is 1. The van der Waals surface area contributed by atoms with E-state index in [1.165, 1.54) is 30.5 Å². The number of nitrogens with zero attached hydrogens (tertiary/aromatic N) is 3. The molecule has 0 unspecified atom stereocenters. The summed E-state index contributed by atoms with van der Waals surface area (Å²) in [6, 6.07) is 13.9. The number of benzene rings is 2. The van der Waals surface area contributed by atoms with E-state index in [1.54, 1.807) is 24.3 Å². The van der Waals surface area contributed by atoms with Crippen LogP contribution in [0.25, 0.3) is 22.8 Å². The maximum Gasteiger partial charge on any atom is 0.416 e. The number of carbonyl (C=O) groups excluding carboxylic acids is 1. The Labute approximate surface area is 189 Å². The Hall–Kier alpha value is -3.92. The Morgan fingerprint density at radius 2 is 1.85 bits per heavy atom. The fraction of sp³-hybridized carbons (Fsp3) is 0.0909. The molecule has 0 fully saturated rings. The summed E-state index contributed by atoms with van der Waals surface area (Å²) >= 11 is 5.87. The van der Waals surface area contributed by atoms with Gasteiger partial charge in [0.25, 0.3) is 11.4 Å². The number of halogens is 4. The summed E-state index contributed by atoms with van der Waals surface area (Å²) in [6.45, 7) is -0.429. The lowest BCUT2D eigenvalue weighted by Crippen LogP contribution is -2.28. The molecular formula is C22H14ClF3N4O3. The first-order chi connectivity index (χ1) is 15.7. The molecule has 0 atom stereocenters. The number of carbonyl (C=O) groups is 1. The average Bonchev–Trinajstić information content (AvgIpc) is 3.25. The smallest absolute Gasteiger partial charge is 0.333 e. The summed E-state index contributed by atoms with van der Waals surface area (Å²) in [5.74, 6) is -0.475. The van der Waals surface area contributed by atoms with Gasteiger partial charge in [0.2, 0.25) is 11.7 Å². The van der Waals surface area contributed by atoms with Gasteiger partial charge in [0, 0.05) is 22.5 Å². The predicted octanol–water partition coefficient (Wildman–Crippen LogP) is 4.88. The van der Waals surface area contributed by atoms with Crippen molar-refractivity contribution in [1.82, 2.24) is 14.7 Å². The number of aromatic nitrogens is 3. The van der Waals surface area contributed by atoms with Crippen molar-refractivity contribution in [2.75, 3.05) is 5.32 Å². The first kappa shape index (κ1) is 22.3. The van der Waals surface area contributed by atoms with Crippen molar-refractivity contribution in [3.63, 3.8) is 0 Å². The maximum atomic E-state index is 12.9. The molecule has 0 saturated heterocycles. The van der Waals surface area contributed by atoms with Crippen LogP contribution in [0.4, 0.5) is 18.9 Å². The van der Waals surface area contributed by atoms with Gasteiger partial charge in [-0.3, -0.25) is 9.59 Å². The maximum absolute atomic E-state index is 12.9. The average molecular weight is 475 g/mol. The SMILES string of the molecule is O=C(Cn1cccc(-c2nc(-c3ccc(Cl)cc3)no2)c1=O)Nc1cccc(C(F)(F)F)c1. The largest absolute Gasteiger partial charge is 0.416 e. The molecule has 0 spiro atoms. The van der Waals surface area contributed by atoms with Gasteiger partial charge in [-0.05, 0) is 54.6 Å². The monoisotopic (exact) mass is 474 g/mol. The van der Waals surface area contributed by atoms with E-state index in [0.29, 0.717) is 10.6 Å². The van der Waals surface area contributed by atoms with Crippen LogP contribution in [0, 0.1) is 0 Å². The van der Waals surface area contributed by atoms with Crippen molar-refractivity contribution in [1.29, 1.82) is 0 Å². The highest BCUT2D eigenvalue weighted by Crippen LogP contribution is 2.30.